The molecule has 1 heterocycles. The highest BCUT2D eigenvalue weighted by Gasteiger charge is 2.36. The van der Waals surface area contributed by atoms with Crippen LogP contribution in [0.4, 0.5) is 0 Å². The van der Waals surface area contributed by atoms with Gasteiger partial charge in [-0.3, -0.25) is 9.59 Å². The molecule has 1 amide bonds. The molecule has 1 fully saturated rings. The summed E-state index contributed by atoms with van der Waals surface area (Å²) in [6.07, 6.45) is 0.771. The number of likely N-dealkylation sites (tertiary alicyclic amines) is 1. The van der Waals surface area contributed by atoms with Crippen molar-refractivity contribution in [2.75, 3.05) is 6.54 Å². The number of carboxylic acid groups (broad SMARTS) is 1. The average Bonchev–Trinajstić information content (AvgIpc) is 2.53. The SMILES string of the molecule is CC(OCc1ccccc1)C(=O)N1CCC[C@H](C(=O)O)[C@@H]1C. The van der Waals surface area contributed by atoms with Gasteiger partial charge in [-0.15, -0.1) is 0 Å². The van der Waals surface area contributed by atoms with E-state index in [1.165, 1.54) is 0 Å². The van der Waals surface area contributed by atoms with Crippen LogP contribution in [0, 0.1) is 5.92 Å². The van der Waals surface area contributed by atoms with Crippen LogP contribution in [0.25, 0.3) is 0 Å². The number of rotatable bonds is 5. The fourth-order valence-electron chi connectivity index (χ4n) is 2.88. The average molecular weight is 305 g/mol. The van der Waals surface area contributed by atoms with Crippen LogP contribution in [0.3, 0.4) is 0 Å². The Morgan fingerprint density at radius 2 is 2.05 bits per heavy atom. The van der Waals surface area contributed by atoms with Crippen molar-refractivity contribution >= 4 is 11.9 Å². The van der Waals surface area contributed by atoms with Gasteiger partial charge in [0, 0.05) is 12.6 Å². The number of aliphatic carboxylic acids is 1. The summed E-state index contributed by atoms with van der Waals surface area (Å²) in [5.41, 5.74) is 1.01. The van der Waals surface area contributed by atoms with Gasteiger partial charge in [-0.25, -0.2) is 0 Å². The van der Waals surface area contributed by atoms with Gasteiger partial charge in [0.05, 0.1) is 12.5 Å². The summed E-state index contributed by atoms with van der Waals surface area (Å²) in [6.45, 7) is 4.50. The highest BCUT2D eigenvalue weighted by molar-refractivity contribution is 5.82. The Labute approximate surface area is 130 Å². The fraction of sp³-hybridized carbons (Fsp3) is 0.529. The van der Waals surface area contributed by atoms with E-state index in [4.69, 9.17) is 4.74 Å². The number of nitrogens with zero attached hydrogens (tertiary/aromatic N) is 1. The lowest BCUT2D eigenvalue weighted by atomic mass is 9.90. The maximum atomic E-state index is 12.5. The number of piperidine rings is 1. The van der Waals surface area contributed by atoms with E-state index >= 15 is 0 Å². The Bertz CT molecular complexity index is 517. The second-order valence-corrected chi connectivity index (χ2v) is 5.80. The van der Waals surface area contributed by atoms with E-state index in [2.05, 4.69) is 0 Å². The second kappa shape index (κ2) is 7.40. The van der Waals surface area contributed by atoms with E-state index in [0.29, 0.717) is 19.6 Å². The van der Waals surface area contributed by atoms with Crippen molar-refractivity contribution in [3.63, 3.8) is 0 Å². The van der Waals surface area contributed by atoms with Crippen molar-refractivity contribution in [2.24, 2.45) is 5.92 Å². The molecule has 1 N–H and O–H groups in total. The molecule has 22 heavy (non-hydrogen) atoms. The van der Waals surface area contributed by atoms with Gasteiger partial charge in [0.2, 0.25) is 0 Å². The minimum atomic E-state index is -0.831. The summed E-state index contributed by atoms with van der Waals surface area (Å²) in [4.78, 5) is 25.4. The monoisotopic (exact) mass is 305 g/mol. The first-order valence-corrected chi connectivity index (χ1v) is 7.69. The van der Waals surface area contributed by atoms with Gasteiger partial charge < -0.3 is 14.7 Å². The van der Waals surface area contributed by atoms with E-state index in [0.717, 1.165) is 12.0 Å². The molecule has 1 unspecified atom stereocenters. The molecule has 0 saturated carbocycles. The largest absolute Gasteiger partial charge is 0.481 e. The van der Waals surface area contributed by atoms with Crippen LogP contribution < -0.4 is 0 Å². The topological polar surface area (TPSA) is 66.8 Å². The lowest BCUT2D eigenvalue weighted by molar-refractivity contribution is -0.154. The van der Waals surface area contributed by atoms with E-state index in [-0.39, 0.29) is 11.9 Å². The molecule has 1 aromatic rings. The number of ether oxygens (including phenoxy) is 1. The van der Waals surface area contributed by atoms with Gasteiger partial charge >= 0.3 is 5.97 Å². The molecular weight excluding hydrogens is 282 g/mol. The zero-order valence-corrected chi connectivity index (χ0v) is 13.1. The standard InChI is InChI=1S/C17H23NO4/c1-12-15(17(20)21)9-6-10-18(12)16(19)13(2)22-11-14-7-4-3-5-8-14/h3-5,7-8,12-13,15H,6,9-11H2,1-2H3,(H,20,21)/t12-,13?,15-/m0/s1. The maximum Gasteiger partial charge on any atom is 0.308 e. The van der Waals surface area contributed by atoms with Crippen LogP contribution in [0.2, 0.25) is 0 Å². The van der Waals surface area contributed by atoms with Crippen LogP contribution in [-0.4, -0.2) is 40.6 Å². The third kappa shape index (κ3) is 3.85. The van der Waals surface area contributed by atoms with Gasteiger partial charge in [0.25, 0.3) is 5.91 Å². The third-order valence-corrected chi connectivity index (χ3v) is 4.28. The van der Waals surface area contributed by atoms with E-state index in [1.54, 1.807) is 18.7 Å². The third-order valence-electron chi connectivity index (χ3n) is 4.28. The van der Waals surface area contributed by atoms with Gasteiger partial charge in [-0.05, 0) is 32.3 Å². The molecule has 1 aromatic carbocycles. The molecule has 1 aliphatic rings. The van der Waals surface area contributed by atoms with E-state index in [9.17, 15) is 14.7 Å². The number of benzene rings is 1. The Balaban J connectivity index is 1.93. The summed E-state index contributed by atoms with van der Waals surface area (Å²) < 4.78 is 5.65. The molecule has 5 nitrogen and oxygen atoms in total. The van der Waals surface area contributed by atoms with E-state index in [1.807, 2.05) is 30.3 Å². The summed E-state index contributed by atoms with van der Waals surface area (Å²) in [6, 6.07) is 9.38. The molecule has 5 heteroatoms. The van der Waals surface area contributed by atoms with Gasteiger partial charge in [0.1, 0.15) is 6.10 Å². The van der Waals surface area contributed by atoms with Crippen molar-refractivity contribution in [2.45, 2.75) is 45.4 Å². The molecular formula is C17H23NO4. The van der Waals surface area contributed by atoms with Crippen LogP contribution in [0.15, 0.2) is 30.3 Å². The minimum absolute atomic E-state index is 0.130. The lowest BCUT2D eigenvalue weighted by Gasteiger charge is -2.38. The van der Waals surface area contributed by atoms with Crippen LogP contribution in [-0.2, 0) is 20.9 Å². The first-order valence-electron chi connectivity index (χ1n) is 7.69. The Kier molecular flexibility index (Phi) is 5.55. The number of amides is 1. The van der Waals surface area contributed by atoms with Crippen molar-refractivity contribution in [1.82, 2.24) is 4.90 Å². The number of hydrogen-bond donors (Lipinski definition) is 1. The number of carbonyl (C=O) groups is 2. The van der Waals surface area contributed by atoms with Crippen molar-refractivity contribution in [1.29, 1.82) is 0 Å². The van der Waals surface area contributed by atoms with Crippen LogP contribution in [0.1, 0.15) is 32.3 Å². The number of hydrogen-bond acceptors (Lipinski definition) is 3. The predicted molar refractivity (Wildman–Crippen MR) is 82.2 cm³/mol. The summed E-state index contributed by atoms with van der Waals surface area (Å²) in [7, 11) is 0. The van der Waals surface area contributed by atoms with Crippen molar-refractivity contribution in [3.05, 3.63) is 35.9 Å². The maximum absolute atomic E-state index is 12.5. The van der Waals surface area contributed by atoms with Crippen molar-refractivity contribution < 1.29 is 19.4 Å². The molecule has 1 aliphatic heterocycles. The lowest BCUT2D eigenvalue weighted by Crippen LogP contribution is -2.52. The molecule has 0 aromatic heterocycles. The first kappa shape index (κ1) is 16.5. The first-order chi connectivity index (χ1) is 10.5. The molecule has 0 bridgehead atoms. The Morgan fingerprint density at radius 3 is 2.68 bits per heavy atom. The molecule has 120 valence electrons. The smallest absolute Gasteiger partial charge is 0.308 e. The Hall–Kier alpha value is -1.88. The summed E-state index contributed by atoms with van der Waals surface area (Å²) in [5.74, 6) is -1.45. The molecule has 0 aliphatic carbocycles. The highest BCUT2D eigenvalue weighted by Crippen LogP contribution is 2.24. The van der Waals surface area contributed by atoms with Crippen molar-refractivity contribution in [3.8, 4) is 0 Å². The number of carbonyl (C=O) groups excluding carboxylic acids is 1. The molecule has 2 rings (SSSR count). The van der Waals surface area contributed by atoms with Crippen LogP contribution >= 0.6 is 0 Å². The van der Waals surface area contributed by atoms with E-state index < -0.39 is 18.0 Å². The van der Waals surface area contributed by atoms with Gasteiger partial charge in [0.15, 0.2) is 0 Å². The molecule has 0 spiro atoms. The zero-order valence-electron chi connectivity index (χ0n) is 13.1. The predicted octanol–water partition coefficient (Wildman–Crippen LogP) is 2.30. The fourth-order valence-corrected chi connectivity index (χ4v) is 2.88. The molecule has 3 atom stereocenters. The highest BCUT2D eigenvalue weighted by atomic mass is 16.5. The number of carboxylic acids is 1. The van der Waals surface area contributed by atoms with Crippen LogP contribution in [0.5, 0.6) is 0 Å². The Morgan fingerprint density at radius 1 is 1.36 bits per heavy atom. The van der Waals surface area contributed by atoms with Gasteiger partial charge in [-0.2, -0.15) is 0 Å². The zero-order chi connectivity index (χ0) is 16.1. The second-order valence-electron chi connectivity index (χ2n) is 5.80. The van der Waals surface area contributed by atoms with Gasteiger partial charge in [-0.1, -0.05) is 30.3 Å². The summed E-state index contributed by atoms with van der Waals surface area (Å²) >= 11 is 0. The molecule has 1 saturated heterocycles. The normalized spacial score (nSPS) is 23.1. The summed E-state index contributed by atoms with van der Waals surface area (Å²) in [5, 5.41) is 9.23. The quantitative estimate of drug-likeness (QED) is 0.906. The molecule has 0 radical (unpaired) electrons. The minimum Gasteiger partial charge on any atom is -0.481 e.